The van der Waals surface area contributed by atoms with Gasteiger partial charge in [0.2, 0.25) is 0 Å². The molecule has 186 valence electrons. The number of nitrogens with one attached hydrogen (secondary N) is 2. The molecule has 0 spiro atoms. The molecule has 0 amide bonds. The minimum Gasteiger partial charge on any atom is -0.481 e. The Balaban J connectivity index is 0.00000104. The molecule has 32 heavy (non-hydrogen) atoms. The second-order valence-corrected chi connectivity index (χ2v) is 9.73. The Morgan fingerprint density at radius 2 is 1.62 bits per heavy atom. The number of nitrogens with two attached hydrogens (primary N) is 1. The number of carbonyl (C=O) groups is 3. The van der Waals surface area contributed by atoms with Crippen molar-refractivity contribution < 1.29 is 48.2 Å². The maximum Gasteiger partial charge on any atom is 0.451 e. The van der Waals surface area contributed by atoms with Crippen LogP contribution in [0.2, 0.25) is 6.32 Å². The van der Waals surface area contributed by atoms with Crippen molar-refractivity contribution in [1.29, 1.82) is 0 Å². The van der Waals surface area contributed by atoms with Gasteiger partial charge >= 0.3 is 13.1 Å². The summed E-state index contributed by atoms with van der Waals surface area (Å²) in [4.78, 5) is 29.6. The molecule has 2 rings (SSSR count). The molecule has 9 N–H and O–H groups in total. The lowest BCUT2D eigenvalue weighted by Gasteiger charge is -2.40. The first-order chi connectivity index (χ1) is 14.4. The fraction of sp³-hybridized carbons (Fsp3) is 0.812. The van der Waals surface area contributed by atoms with Gasteiger partial charge in [0.05, 0.1) is 5.54 Å². The van der Waals surface area contributed by atoms with E-state index in [0.717, 1.165) is 18.2 Å². The predicted octanol–water partition coefficient (Wildman–Crippen LogP) is -2.67. The number of rotatable bonds is 8. The number of carboxylic acids is 3. The van der Waals surface area contributed by atoms with Gasteiger partial charge in [-0.3, -0.25) is 14.4 Å². The Labute approximate surface area is 187 Å². The molecule has 0 aromatic rings. The van der Waals surface area contributed by atoms with Crippen LogP contribution in [0.3, 0.4) is 0 Å². The minimum absolute atomic E-state index is 0.0107. The first-order valence-corrected chi connectivity index (χ1v) is 11.2. The van der Waals surface area contributed by atoms with E-state index < -0.39 is 52.2 Å². The third-order valence-electron chi connectivity index (χ3n) is 4.75. The molecule has 2 aliphatic rings. The molecule has 0 unspecified atom stereocenters. The van der Waals surface area contributed by atoms with E-state index in [1.165, 1.54) is 0 Å². The van der Waals surface area contributed by atoms with Gasteiger partial charge in [0.25, 0.3) is 22.1 Å². The fourth-order valence-corrected chi connectivity index (χ4v) is 4.82. The highest BCUT2D eigenvalue weighted by molar-refractivity contribution is 7.87. The van der Waals surface area contributed by atoms with Crippen molar-refractivity contribution in [2.24, 2.45) is 11.7 Å². The normalized spacial score (nSPS) is 24.1. The van der Waals surface area contributed by atoms with E-state index in [1.54, 1.807) is 6.92 Å². The van der Waals surface area contributed by atoms with Crippen LogP contribution < -0.4 is 15.8 Å². The van der Waals surface area contributed by atoms with Crippen molar-refractivity contribution >= 4 is 35.2 Å². The maximum absolute atomic E-state index is 12.5. The number of hydrogen-bond acceptors (Lipinski definition) is 9. The van der Waals surface area contributed by atoms with Crippen LogP contribution in [0.25, 0.3) is 0 Å². The van der Waals surface area contributed by atoms with E-state index in [1.807, 2.05) is 0 Å². The van der Waals surface area contributed by atoms with Gasteiger partial charge in [-0.15, -0.1) is 0 Å². The Hall–Kier alpha value is -1.82. The standard InChI is InChI=1S/C12H25BN4O6S.2C2H4O2/c1-11(6-15-7-11)16-24(22,23)17-5-9(3-2-4-13(20)21)12(14,8-17)10(18)19;2*1-2(3)4/h9,15-16,20-21H,2-8,14H2,1H3,(H,18,19);2*1H3,(H,3,4)/t9-,12-;;/m0../s1. The smallest absolute Gasteiger partial charge is 0.451 e. The van der Waals surface area contributed by atoms with Crippen molar-refractivity contribution in [1.82, 2.24) is 14.3 Å². The summed E-state index contributed by atoms with van der Waals surface area (Å²) in [5, 5.41) is 45.1. The second-order valence-electron chi connectivity index (χ2n) is 8.06. The minimum atomic E-state index is -3.86. The molecule has 2 fully saturated rings. The third kappa shape index (κ3) is 10.2. The molecule has 14 nitrogen and oxygen atoms in total. The fourth-order valence-electron chi connectivity index (χ4n) is 3.16. The average molecular weight is 484 g/mol. The number of nitrogens with zero attached hydrogens (tertiary/aromatic N) is 1. The van der Waals surface area contributed by atoms with Crippen LogP contribution in [0.4, 0.5) is 0 Å². The summed E-state index contributed by atoms with van der Waals surface area (Å²) >= 11 is 0. The summed E-state index contributed by atoms with van der Waals surface area (Å²) < 4.78 is 28.7. The van der Waals surface area contributed by atoms with E-state index in [9.17, 15) is 18.3 Å². The monoisotopic (exact) mass is 484 g/mol. The Morgan fingerprint density at radius 3 is 1.97 bits per heavy atom. The lowest BCUT2D eigenvalue weighted by Crippen LogP contribution is -2.68. The number of hydrogen-bond donors (Lipinski definition) is 8. The Kier molecular flexibility index (Phi) is 11.7. The van der Waals surface area contributed by atoms with Crippen LogP contribution in [0, 0.1) is 5.92 Å². The number of carboxylic acid groups (broad SMARTS) is 3. The average Bonchev–Trinajstić information content (AvgIpc) is 2.91. The van der Waals surface area contributed by atoms with Gasteiger partial charge in [0.1, 0.15) is 5.54 Å². The van der Waals surface area contributed by atoms with Gasteiger partial charge in [0.15, 0.2) is 0 Å². The predicted molar refractivity (Wildman–Crippen MR) is 114 cm³/mol. The molecule has 0 aromatic carbocycles. The van der Waals surface area contributed by atoms with Crippen molar-refractivity contribution in [3.63, 3.8) is 0 Å². The number of aliphatic carboxylic acids is 3. The first-order valence-electron chi connectivity index (χ1n) is 9.72. The van der Waals surface area contributed by atoms with Gasteiger partial charge in [0, 0.05) is 45.9 Å². The van der Waals surface area contributed by atoms with Gasteiger partial charge in [-0.1, -0.05) is 6.42 Å². The van der Waals surface area contributed by atoms with Crippen LogP contribution in [-0.4, -0.2) is 100 Å². The van der Waals surface area contributed by atoms with Crippen LogP contribution >= 0.6 is 0 Å². The van der Waals surface area contributed by atoms with Crippen molar-refractivity contribution in [3.05, 3.63) is 0 Å². The van der Waals surface area contributed by atoms with E-state index in [4.69, 9.17) is 35.6 Å². The molecule has 2 heterocycles. The summed E-state index contributed by atoms with van der Waals surface area (Å²) in [6.07, 6.45) is 0.726. The van der Waals surface area contributed by atoms with Crippen LogP contribution in [0.15, 0.2) is 0 Å². The van der Waals surface area contributed by atoms with Gasteiger partial charge in [-0.2, -0.15) is 17.4 Å². The topological polar surface area (TPSA) is 240 Å². The van der Waals surface area contributed by atoms with E-state index in [-0.39, 0.29) is 19.4 Å². The molecular formula is C16H33BN4O10S. The lowest BCUT2D eigenvalue weighted by molar-refractivity contribution is -0.144. The highest BCUT2D eigenvalue weighted by Gasteiger charge is 2.53. The molecule has 2 aliphatic heterocycles. The van der Waals surface area contributed by atoms with Crippen molar-refractivity contribution in [2.75, 3.05) is 26.2 Å². The third-order valence-corrected chi connectivity index (χ3v) is 6.46. The zero-order chi connectivity index (χ0) is 25.3. The maximum atomic E-state index is 12.5. The zero-order valence-corrected chi connectivity index (χ0v) is 19.1. The molecule has 2 saturated heterocycles. The van der Waals surface area contributed by atoms with Gasteiger partial charge in [-0.05, 0) is 19.7 Å². The SMILES string of the molecule is CC(=O)O.CC(=O)O.CC1(NS(=O)(=O)N2C[C@H](CCCB(O)O)[C@](N)(C(=O)O)C2)CNC1. The van der Waals surface area contributed by atoms with Crippen molar-refractivity contribution in [3.8, 4) is 0 Å². The highest BCUT2D eigenvalue weighted by atomic mass is 32.2. The summed E-state index contributed by atoms with van der Waals surface area (Å²) in [5.74, 6) is -3.52. The summed E-state index contributed by atoms with van der Waals surface area (Å²) in [7, 11) is -5.33. The Morgan fingerprint density at radius 1 is 1.16 bits per heavy atom. The molecule has 0 aromatic heterocycles. The van der Waals surface area contributed by atoms with E-state index >= 15 is 0 Å². The second kappa shape index (κ2) is 12.4. The van der Waals surface area contributed by atoms with E-state index in [0.29, 0.717) is 25.9 Å². The molecule has 0 bridgehead atoms. The Bertz CT molecular complexity index is 742. The zero-order valence-electron chi connectivity index (χ0n) is 18.3. The molecule has 16 heteroatoms. The highest BCUT2D eigenvalue weighted by Crippen LogP contribution is 2.32. The summed E-state index contributed by atoms with van der Waals surface area (Å²) in [5.41, 5.74) is 3.72. The van der Waals surface area contributed by atoms with Crippen molar-refractivity contribution in [2.45, 2.75) is 51.0 Å². The summed E-state index contributed by atoms with van der Waals surface area (Å²) in [6, 6.07) is 0. The quantitative estimate of drug-likeness (QED) is 0.165. The summed E-state index contributed by atoms with van der Waals surface area (Å²) in [6.45, 7) is 4.62. The molecule has 0 aliphatic carbocycles. The molecular weight excluding hydrogens is 451 g/mol. The van der Waals surface area contributed by atoms with Gasteiger partial charge < -0.3 is 36.4 Å². The largest absolute Gasteiger partial charge is 0.481 e. The molecule has 2 atom stereocenters. The first kappa shape index (κ1) is 30.2. The van der Waals surface area contributed by atoms with Gasteiger partial charge in [-0.25, -0.2) is 0 Å². The van der Waals surface area contributed by atoms with Crippen LogP contribution in [-0.2, 0) is 24.6 Å². The van der Waals surface area contributed by atoms with Crippen LogP contribution in [0.5, 0.6) is 0 Å². The van der Waals surface area contributed by atoms with Crippen LogP contribution in [0.1, 0.15) is 33.6 Å². The molecule has 0 saturated carbocycles. The molecule has 0 radical (unpaired) electrons. The lowest BCUT2D eigenvalue weighted by atomic mass is 9.78. The van der Waals surface area contributed by atoms with E-state index in [2.05, 4.69) is 10.0 Å².